The fraction of sp³-hybridized carbons (Fsp3) is 0.643. The summed E-state index contributed by atoms with van der Waals surface area (Å²) in [5, 5.41) is 14.4. The summed E-state index contributed by atoms with van der Waals surface area (Å²) in [6.07, 6.45) is 2.68. The molecule has 1 aromatic heterocycles. The molecule has 0 aliphatic heterocycles. The number of unbranched alkanes of at least 4 members (excludes halogenated alkanes) is 1. The first kappa shape index (κ1) is 15.2. The summed E-state index contributed by atoms with van der Waals surface area (Å²) >= 11 is 1.72. The number of thiophene rings is 1. The zero-order valence-corrected chi connectivity index (χ0v) is 12.2. The minimum Gasteiger partial charge on any atom is -0.480 e. The number of hydrogen-bond donors (Lipinski definition) is 2. The van der Waals surface area contributed by atoms with Crippen molar-refractivity contribution in [2.45, 2.75) is 51.5 Å². The highest BCUT2D eigenvalue weighted by molar-refractivity contribution is 7.10. The van der Waals surface area contributed by atoms with Crippen molar-refractivity contribution in [2.24, 2.45) is 0 Å². The Morgan fingerprint density at radius 1 is 1.56 bits per heavy atom. The minimum absolute atomic E-state index is 0.0198. The molecule has 0 fully saturated rings. The maximum Gasteiger partial charge on any atom is 0.320 e. The molecule has 1 unspecified atom stereocenters. The number of carboxylic acids is 1. The van der Waals surface area contributed by atoms with Crippen LogP contribution in [0.4, 0.5) is 0 Å². The van der Waals surface area contributed by atoms with Crippen molar-refractivity contribution in [3.8, 4) is 0 Å². The molecule has 0 radical (unpaired) electrons. The van der Waals surface area contributed by atoms with Crippen LogP contribution < -0.4 is 5.32 Å². The Bertz CT molecular complexity index is 360. The molecule has 0 aromatic carbocycles. The van der Waals surface area contributed by atoms with Crippen LogP contribution in [0.2, 0.25) is 0 Å². The van der Waals surface area contributed by atoms with E-state index < -0.39 is 12.0 Å². The van der Waals surface area contributed by atoms with Crippen molar-refractivity contribution in [1.29, 1.82) is 0 Å². The number of nitrogens with one attached hydrogen (secondary N) is 1. The van der Waals surface area contributed by atoms with E-state index in [0.717, 1.165) is 12.8 Å². The van der Waals surface area contributed by atoms with Gasteiger partial charge in [-0.05, 0) is 17.9 Å². The van der Waals surface area contributed by atoms with Crippen molar-refractivity contribution >= 4 is 17.3 Å². The Kier molecular flexibility index (Phi) is 5.82. The number of aliphatic carboxylic acids is 1. The van der Waals surface area contributed by atoms with E-state index in [1.54, 1.807) is 11.3 Å². The molecule has 0 bridgehead atoms. The molecule has 0 spiro atoms. The number of hydrogen-bond acceptors (Lipinski definition) is 3. The van der Waals surface area contributed by atoms with Crippen molar-refractivity contribution < 1.29 is 9.90 Å². The predicted octanol–water partition coefficient (Wildman–Crippen LogP) is 3.26. The average molecular weight is 269 g/mol. The first-order valence-electron chi connectivity index (χ1n) is 6.47. The molecule has 1 atom stereocenters. The van der Waals surface area contributed by atoms with Gasteiger partial charge < -0.3 is 10.4 Å². The maximum atomic E-state index is 11.1. The number of carbonyl (C=O) groups is 1. The summed E-state index contributed by atoms with van der Waals surface area (Å²) in [5.41, 5.74) is -0.0198. The molecule has 0 saturated heterocycles. The van der Waals surface area contributed by atoms with E-state index in [1.807, 2.05) is 6.07 Å². The first-order chi connectivity index (χ1) is 8.47. The third-order valence-electron chi connectivity index (χ3n) is 3.12. The van der Waals surface area contributed by atoms with Gasteiger partial charge in [-0.15, -0.1) is 11.3 Å². The Hall–Kier alpha value is -0.870. The second-order valence-electron chi connectivity index (χ2n) is 5.28. The summed E-state index contributed by atoms with van der Waals surface area (Å²) in [6, 6.07) is 3.71. The molecule has 0 aliphatic carbocycles. The quantitative estimate of drug-likeness (QED) is 0.761. The monoisotopic (exact) mass is 269 g/mol. The van der Waals surface area contributed by atoms with Gasteiger partial charge in [0.05, 0.1) is 0 Å². The summed E-state index contributed by atoms with van der Waals surface area (Å²) < 4.78 is 0. The van der Waals surface area contributed by atoms with Gasteiger partial charge in [0.25, 0.3) is 0 Å². The van der Waals surface area contributed by atoms with E-state index in [4.69, 9.17) is 5.11 Å². The van der Waals surface area contributed by atoms with Gasteiger partial charge in [-0.3, -0.25) is 4.79 Å². The van der Waals surface area contributed by atoms with Crippen LogP contribution in [-0.2, 0) is 10.2 Å². The topological polar surface area (TPSA) is 49.3 Å². The maximum absolute atomic E-state index is 11.1. The molecule has 1 rings (SSSR count). The van der Waals surface area contributed by atoms with Gasteiger partial charge >= 0.3 is 5.97 Å². The van der Waals surface area contributed by atoms with E-state index >= 15 is 0 Å². The number of rotatable bonds is 8. The van der Waals surface area contributed by atoms with Gasteiger partial charge in [-0.25, -0.2) is 0 Å². The van der Waals surface area contributed by atoms with Gasteiger partial charge in [-0.2, -0.15) is 0 Å². The normalized spacial score (nSPS) is 13.5. The molecular weight excluding hydrogens is 246 g/mol. The molecular formula is C14H23NO2S. The molecule has 4 heteroatoms. The van der Waals surface area contributed by atoms with Crippen LogP contribution in [0.25, 0.3) is 0 Å². The molecule has 1 heterocycles. The van der Waals surface area contributed by atoms with Crippen molar-refractivity contribution in [2.75, 3.05) is 6.54 Å². The van der Waals surface area contributed by atoms with Crippen LogP contribution in [-0.4, -0.2) is 23.7 Å². The van der Waals surface area contributed by atoms with E-state index in [0.29, 0.717) is 13.0 Å². The summed E-state index contributed by atoms with van der Waals surface area (Å²) in [4.78, 5) is 12.4. The number of carboxylic acid groups (broad SMARTS) is 1. The van der Waals surface area contributed by atoms with E-state index in [1.165, 1.54) is 4.88 Å². The first-order valence-corrected chi connectivity index (χ1v) is 7.35. The lowest BCUT2D eigenvalue weighted by Gasteiger charge is -2.26. The zero-order chi connectivity index (χ0) is 13.6. The Labute approximate surface area is 113 Å². The van der Waals surface area contributed by atoms with E-state index in [2.05, 4.69) is 37.5 Å². The predicted molar refractivity (Wildman–Crippen MR) is 76.3 cm³/mol. The van der Waals surface area contributed by atoms with Gasteiger partial charge in [-0.1, -0.05) is 39.7 Å². The van der Waals surface area contributed by atoms with E-state index in [9.17, 15) is 4.79 Å². The van der Waals surface area contributed by atoms with Gasteiger partial charge in [0.2, 0.25) is 0 Å². The molecule has 3 nitrogen and oxygen atoms in total. The Morgan fingerprint density at radius 3 is 2.78 bits per heavy atom. The third-order valence-corrected chi connectivity index (χ3v) is 4.36. The lowest BCUT2D eigenvalue weighted by molar-refractivity contribution is -0.139. The molecule has 1 aromatic rings. The Morgan fingerprint density at radius 2 is 2.28 bits per heavy atom. The van der Waals surface area contributed by atoms with Crippen LogP contribution in [0.1, 0.15) is 44.9 Å². The van der Waals surface area contributed by atoms with Crippen LogP contribution in [0.3, 0.4) is 0 Å². The van der Waals surface area contributed by atoms with Gasteiger partial charge in [0.1, 0.15) is 6.04 Å². The van der Waals surface area contributed by atoms with Crippen LogP contribution in [0.15, 0.2) is 17.5 Å². The fourth-order valence-electron chi connectivity index (χ4n) is 1.85. The summed E-state index contributed by atoms with van der Waals surface area (Å²) in [5.74, 6) is -0.745. The molecule has 102 valence electrons. The lowest BCUT2D eigenvalue weighted by Crippen LogP contribution is -2.43. The molecule has 18 heavy (non-hydrogen) atoms. The minimum atomic E-state index is -0.745. The lowest BCUT2D eigenvalue weighted by atomic mass is 9.91. The molecule has 2 N–H and O–H groups in total. The zero-order valence-electron chi connectivity index (χ0n) is 11.4. The summed E-state index contributed by atoms with van der Waals surface area (Å²) in [7, 11) is 0. The second kappa shape index (κ2) is 6.90. The van der Waals surface area contributed by atoms with Crippen molar-refractivity contribution in [3.05, 3.63) is 22.4 Å². The standard InChI is InChI=1S/C14H23NO2S/c1-4-5-7-11(13(16)17)15-10-14(2,3)12-8-6-9-18-12/h6,8-9,11,15H,4-5,7,10H2,1-3H3,(H,16,17). The SMILES string of the molecule is CCCCC(NCC(C)(C)c1cccs1)C(=O)O. The molecule has 0 saturated carbocycles. The van der Waals surface area contributed by atoms with Crippen LogP contribution in [0.5, 0.6) is 0 Å². The highest BCUT2D eigenvalue weighted by Crippen LogP contribution is 2.26. The van der Waals surface area contributed by atoms with Gasteiger partial charge in [0.15, 0.2) is 0 Å². The van der Waals surface area contributed by atoms with E-state index in [-0.39, 0.29) is 5.41 Å². The second-order valence-corrected chi connectivity index (χ2v) is 6.22. The largest absolute Gasteiger partial charge is 0.480 e. The highest BCUT2D eigenvalue weighted by atomic mass is 32.1. The molecule has 0 amide bonds. The summed E-state index contributed by atoms with van der Waals surface area (Å²) in [6.45, 7) is 7.05. The average Bonchev–Trinajstić information content (AvgIpc) is 2.82. The van der Waals surface area contributed by atoms with Crippen LogP contribution in [0, 0.1) is 0 Å². The van der Waals surface area contributed by atoms with Crippen LogP contribution >= 0.6 is 11.3 Å². The Balaban J connectivity index is 2.53. The highest BCUT2D eigenvalue weighted by Gasteiger charge is 2.25. The molecule has 0 aliphatic rings. The third kappa shape index (κ3) is 4.42. The van der Waals surface area contributed by atoms with Gasteiger partial charge in [0, 0.05) is 16.8 Å². The smallest absolute Gasteiger partial charge is 0.320 e. The van der Waals surface area contributed by atoms with Crippen molar-refractivity contribution in [1.82, 2.24) is 5.32 Å². The fourth-order valence-corrected chi connectivity index (χ4v) is 2.70. The van der Waals surface area contributed by atoms with Crippen molar-refractivity contribution in [3.63, 3.8) is 0 Å².